The second-order valence-corrected chi connectivity index (χ2v) is 7.37. The molecular formula is C20H20N6OS. The number of aryl methyl sites for hydroxylation is 1. The van der Waals surface area contributed by atoms with Gasteiger partial charge in [0.25, 0.3) is 0 Å². The summed E-state index contributed by atoms with van der Waals surface area (Å²) >= 11 is 1.64. The maximum absolute atomic E-state index is 12.6. The Labute approximate surface area is 166 Å². The first-order chi connectivity index (χ1) is 13.7. The molecule has 4 rings (SSSR count). The number of rotatable bonds is 7. The third-order valence-electron chi connectivity index (χ3n) is 4.42. The molecular weight excluding hydrogens is 372 g/mol. The van der Waals surface area contributed by atoms with Gasteiger partial charge in [-0.2, -0.15) is 10.2 Å². The number of thiophene rings is 1. The number of hydrogen-bond donors (Lipinski definition) is 0. The predicted octanol–water partition coefficient (Wildman–Crippen LogP) is 3.24. The highest BCUT2D eigenvalue weighted by Gasteiger charge is 2.17. The van der Waals surface area contributed by atoms with Crippen molar-refractivity contribution in [2.45, 2.75) is 19.5 Å². The molecule has 28 heavy (non-hydrogen) atoms. The number of hydrogen-bond acceptors (Lipinski definition) is 5. The fraction of sp³-hybridized carbons (Fsp3) is 0.200. The Morgan fingerprint density at radius 2 is 2.04 bits per heavy atom. The zero-order valence-corrected chi connectivity index (χ0v) is 16.3. The van der Waals surface area contributed by atoms with Crippen molar-refractivity contribution in [1.29, 1.82) is 0 Å². The van der Waals surface area contributed by atoms with Gasteiger partial charge in [0.05, 0.1) is 17.1 Å². The van der Waals surface area contributed by atoms with E-state index in [0.29, 0.717) is 19.5 Å². The molecule has 1 aromatic carbocycles. The van der Waals surface area contributed by atoms with Gasteiger partial charge in [0.1, 0.15) is 18.3 Å². The largest absolute Gasteiger partial charge is 0.341 e. The van der Waals surface area contributed by atoms with Gasteiger partial charge in [-0.05, 0) is 23.6 Å². The van der Waals surface area contributed by atoms with Crippen LogP contribution in [0.25, 0.3) is 16.3 Å². The molecule has 0 fully saturated rings. The molecule has 0 saturated heterocycles. The van der Waals surface area contributed by atoms with Crippen LogP contribution in [0.4, 0.5) is 0 Å². The Kier molecular flexibility index (Phi) is 5.29. The molecule has 7 nitrogen and oxygen atoms in total. The topological polar surface area (TPSA) is 68.8 Å². The molecule has 0 aliphatic heterocycles. The average molecular weight is 392 g/mol. The van der Waals surface area contributed by atoms with Crippen molar-refractivity contribution in [2.75, 3.05) is 7.05 Å². The van der Waals surface area contributed by atoms with Crippen LogP contribution in [-0.2, 0) is 17.9 Å². The average Bonchev–Trinajstić information content (AvgIpc) is 3.47. The van der Waals surface area contributed by atoms with Gasteiger partial charge >= 0.3 is 0 Å². The molecule has 0 bridgehead atoms. The first-order valence-corrected chi connectivity index (χ1v) is 9.83. The smallest absolute Gasteiger partial charge is 0.224 e. The minimum atomic E-state index is 0.0556. The summed E-state index contributed by atoms with van der Waals surface area (Å²) in [6, 6.07) is 14.1. The van der Waals surface area contributed by atoms with Crippen LogP contribution in [0.1, 0.15) is 12.0 Å². The quantitative estimate of drug-likeness (QED) is 0.484. The molecule has 0 N–H and O–H groups in total. The van der Waals surface area contributed by atoms with Crippen molar-refractivity contribution in [2.24, 2.45) is 0 Å². The van der Waals surface area contributed by atoms with Crippen molar-refractivity contribution < 1.29 is 4.79 Å². The summed E-state index contributed by atoms with van der Waals surface area (Å²) in [4.78, 5) is 19.3. The lowest BCUT2D eigenvalue weighted by atomic mass is 10.2. The van der Waals surface area contributed by atoms with Gasteiger partial charge in [-0.15, -0.1) is 11.3 Å². The van der Waals surface area contributed by atoms with E-state index in [1.165, 1.54) is 6.33 Å². The van der Waals surface area contributed by atoms with Crippen molar-refractivity contribution >= 4 is 17.2 Å². The molecule has 0 radical (unpaired) electrons. The van der Waals surface area contributed by atoms with Gasteiger partial charge in [-0.25, -0.2) is 9.67 Å². The monoisotopic (exact) mass is 392 g/mol. The molecule has 1 amide bonds. The van der Waals surface area contributed by atoms with E-state index in [-0.39, 0.29) is 5.91 Å². The minimum absolute atomic E-state index is 0.0556. The van der Waals surface area contributed by atoms with Gasteiger partial charge < -0.3 is 4.90 Å². The minimum Gasteiger partial charge on any atom is -0.341 e. The van der Waals surface area contributed by atoms with E-state index in [9.17, 15) is 4.79 Å². The molecule has 142 valence electrons. The predicted molar refractivity (Wildman–Crippen MR) is 108 cm³/mol. The van der Waals surface area contributed by atoms with Gasteiger partial charge in [-0.3, -0.25) is 9.48 Å². The Morgan fingerprint density at radius 3 is 2.75 bits per heavy atom. The summed E-state index contributed by atoms with van der Waals surface area (Å²) in [5.41, 5.74) is 2.92. The third-order valence-corrected chi connectivity index (χ3v) is 5.30. The number of benzene rings is 1. The van der Waals surface area contributed by atoms with Crippen LogP contribution < -0.4 is 0 Å². The standard InChI is InChI=1S/C20H20N6OS/c1-24(19(27)9-10-25-15-21-14-22-25)12-16-13-26(17-6-3-2-4-7-17)23-20(16)18-8-5-11-28-18/h2-8,11,13-15H,9-10,12H2,1H3. The summed E-state index contributed by atoms with van der Waals surface area (Å²) in [5.74, 6) is 0.0556. The normalized spacial score (nSPS) is 10.9. The summed E-state index contributed by atoms with van der Waals surface area (Å²) in [7, 11) is 1.82. The van der Waals surface area contributed by atoms with Gasteiger partial charge in [-0.1, -0.05) is 24.3 Å². The van der Waals surface area contributed by atoms with E-state index >= 15 is 0 Å². The maximum Gasteiger partial charge on any atom is 0.224 e. The van der Waals surface area contributed by atoms with E-state index in [1.807, 2.05) is 59.7 Å². The molecule has 0 spiro atoms. The van der Waals surface area contributed by atoms with Gasteiger partial charge in [0.2, 0.25) is 5.91 Å². The van der Waals surface area contributed by atoms with Gasteiger partial charge in [0, 0.05) is 31.8 Å². The van der Waals surface area contributed by atoms with Crippen LogP contribution in [0.2, 0.25) is 0 Å². The number of carbonyl (C=O) groups excluding carboxylic acids is 1. The molecule has 4 aromatic rings. The van der Waals surface area contributed by atoms with Crippen LogP contribution in [0.3, 0.4) is 0 Å². The van der Waals surface area contributed by atoms with Crippen LogP contribution in [0, 0.1) is 0 Å². The second kappa shape index (κ2) is 8.18. The van der Waals surface area contributed by atoms with E-state index < -0.39 is 0 Å². The van der Waals surface area contributed by atoms with Crippen molar-refractivity contribution in [3.8, 4) is 16.3 Å². The molecule has 0 atom stereocenters. The van der Waals surface area contributed by atoms with E-state index in [0.717, 1.165) is 21.8 Å². The van der Waals surface area contributed by atoms with Crippen molar-refractivity contribution in [3.05, 3.63) is 72.3 Å². The van der Waals surface area contributed by atoms with Crippen molar-refractivity contribution in [1.82, 2.24) is 29.4 Å². The zero-order valence-electron chi connectivity index (χ0n) is 15.5. The summed E-state index contributed by atoms with van der Waals surface area (Å²) in [6.07, 6.45) is 5.47. The second-order valence-electron chi connectivity index (χ2n) is 6.42. The Morgan fingerprint density at radius 1 is 1.18 bits per heavy atom. The SMILES string of the molecule is CN(Cc1cn(-c2ccccc2)nc1-c1cccs1)C(=O)CCn1cncn1. The third kappa shape index (κ3) is 4.01. The molecule has 8 heteroatoms. The Balaban J connectivity index is 1.54. The maximum atomic E-state index is 12.6. The van der Waals surface area contributed by atoms with Crippen molar-refractivity contribution in [3.63, 3.8) is 0 Å². The molecule has 3 heterocycles. The molecule has 3 aromatic heterocycles. The fourth-order valence-corrected chi connectivity index (χ4v) is 3.70. The number of para-hydroxylation sites is 1. The molecule has 0 aliphatic carbocycles. The van der Waals surface area contributed by atoms with Crippen LogP contribution in [-0.4, -0.2) is 42.4 Å². The van der Waals surface area contributed by atoms with Crippen LogP contribution >= 0.6 is 11.3 Å². The highest BCUT2D eigenvalue weighted by atomic mass is 32.1. The van der Waals surface area contributed by atoms with E-state index in [1.54, 1.807) is 27.2 Å². The lowest BCUT2D eigenvalue weighted by Gasteiger charge is -2.17. The number of carbonyl (C=O) groups is 1. The highest BCUT2D eigenvalue weighted by molar-refractivity contribution is 7.13. The molecule has 0 saturated carbocycles. The fourth-order valence-electron chi connectivity index (χ4n) is 2.95. The van der Waals surface area contributed by atoms with Crippen LogP contribution in [0.15, 0.2) is 66.7 Å². The highest BCUT2D eigenvalue weighted by Crippen LogP contribution is 2.28. The zero-order chi connectivity index (χ0) is 19.3. The molecule has 0 unspecified atom stereocenters. The summed E-state index contributed by atoms with van der Waals surface area (Å²) in [6.45, 7) is 1.01. The van der Waals surface area contributed by atoms with Gasteiger partial charge in [0.15, 0.2) is 0 Å². The Hall–Kier alpha value is -3.26. The van der Waals surface area contributed by atoms with E-state index in [4.69, 9.17) is 5.10 Å². The van der Waals surface area contributed by atoms with E-state index in [2.05, 4.69) is 16.1 Å². The Bertz CT molecular complexity index is 1020. The number of aromatic nitrogens is 5. The number of amides is 1. The summed E-state index contributed by atoms with van der Waals surface area (Å²) in [5, 5.41) is 10.9. The first kappa shape index (κ1) is 18.1. The molecule has 0 aliphatic rings. The lowest BCUT2D eigenvalue weighted by molar-refractivity contribution is -0.130. The lowest BCUT2D eigenvalue weighted by Crippen LogP contribution is -2.27. The first-order valence-electron chi connectivity index (χ1n) is 8.95. The van der Waals surface area contributed by atoms with Crippen LogP contribution in [0.5, 0.6) is 0 Å². The summed E-state index contributed by atoms with van der Waals surface area (Å²) < 4.78 is 3.54. The number of nitrogens with zero attached hydrogens (tertiary/aromatic N) is 6.